The maximum atomic E-state index is 12.8. The Labute approximate surface area is 131 Å². The molecule has 5 nitrogen and oxygen atoms in total. The summed E-state index contributed by atoms with van der Waals surface area (Å²) >= 11 is 0. The molecule has 0 radical (unpaired) electrons. The van der Waals surface area contributed by atoms with Gasteiger partial charge in [0.15, 0.2) is 0 Å². The highest BCUT2D eigenvalue weighted by Gasteiger charge is 2.36. The number of ether oxygens (including phenoxy) is 1. The van der Waals surface area contributed by atoms with Crippen LogP contribution in [0.25, 0.3) is 0 Å². The molecule has 2 aromatic carbocycles. The number of nitrogens with zero attached hydrogens (tertiary/aromatic N) is 1. The van der Waals surface area contributed by atoms with Gasteiger partial charge in [0, 0.05) is 0 Å². The van der Waals surface area contributed by atoms with E-state index in [0.717, 1.165) is 4.90 Å². The summed E-state index contributed by atoms with van der Waals surface area (Å²) in [6.07, 6.45) is 0. The molecular formula is C17H12FNO4. The summed E-state index contributed by atoms with van der Waals surface area (Å²) in [5.74, 6) is -2.11. The summed E-state index contributed by atoms with van der Waals surface area (Å²) in [5.41, 5.74) is 1.18. The number of imide groups is 1. The summed E-state index contributed by atoms with van der Waals surface area (Å²) in [6, 6.07) is 11.9. The first-order chi connectivity index (χ1) is 11.1. The number of amides is 2. The third kappa shape index (κ3) is 2.96. The molecular weight excluding hydrogens is 301 g/mol. The van der Waals surface area contributed by atoms with Crippen molar-refractivity contribution in [2.24, 2.45) is 0 Å². The maximum absolute atomic E-state index is 12.8. The van der Waals surface area contributed by atoms with Gasteiger partial charge in [-0.25, -0.2) is 4.39 Å². The molecule has 0 aliphatic carbocycles. The second-order valence-electron chi connectivity index (χ2n) is 5.03. The van der Waals surface area contributed by atoms with Crippen molar-refractivity contribution in [2.45, 2.75) is 6.61 Å². The Bertz CT molecular complexity index is 750. The highest BCUT2D eigenvalue weighted by Crippen LogP contribution is 2.22. The third-order valence-corrected chi connectivity index (χ3v) is 3.48. The summed E-state index contributed by atoms with van der Waals surface area (Å²) in [6.45, 7) is -0.504. The van der Waals surface area contributed by atoms with Gasteiger partial charge >= 0.3 is 5.97 Å². The Hall–Kier alpha value is -3.02. The standard InChI is InChI=1S/C17H12FNO4/c18-12-7-5-11(6-8-12)10-23-15(20)9-19-16(21)13-3-1-2-4-14(13)17(19)22/h1-8H,9-10H2. The molecule has 2 amide bonds. The summed E-state index contributed by atoms with van der Waals surface area (Å²) in [7, 11) is 0. The molecule has 0 bridgehead atoms. The smallest absolute Gasteiger partial charge is 0.326 e. The topological polar surface area (TPSA) is 63.7 Å². The highest BCUT2D eigenvalue weighted by atomic mass is 19.1. The minimum Gasteiger partial charge on any atom is -0.459 e. The molecule has 1 heterocycles. The van der Waals surface area contributed by atoms with Gasteiger partial charge in [0.2, 0.25) is 0 Å². The number of hydrogen-bond acceptors (Lipinski definition) is 4. The van der Waals surface area contributed by atoms with Crippen LogP contribution in [0.2, 0.25) is 0 Å². The molecule has 0 spiro atoms. The van der Waals surface area contributed by atoms with Gasteiger partial charge in [0.25, 0.3) is 11.8 Å². The molecule has 23 heavy (non-hydrogen) atoms. The van der Waals surface area contributed by atoms with Crippen LogP contribution in [0, 0.1) is 5.82 Å². The van der Waals surface area contributed by atoms with Gasteiger partial charge in [-0.05, 0) is 29.8 Å². The fourth-order valence-corrected chi connectivity index (χ4v) is 2.30. The van der Waals surface area contributed by atoms with Gasteiger partial charge in [0.05, 0.1) is 11.1 Å². The van der Waals surface area contributed by atoms with Crippen molar-refractivity contribution in [3.05, 3.63) is 71.0 Å². The van der Waals surface area contributed by atoms with E-state index in [1.165, 1.54) is 24.3 Å². The molecule has 0 atom stereocenters. The zero-order valence-electron chi connectivity index (χ0n) is 12.0. The SMILES string of the molecule is O=C(CN1C(=O)c2ccccc2C1=O)OCc1ccc(F)cc1. The lowest BCUT2D eigenvalue weighted by atomic mass is 10.1. The Morgan fingerprint density at radius 3 is 2.09 bits per heavy atom. The highest BCUT2D eigenvalue weighted by molar-refractivity contribution is 6.22. The number of carbonyl (C=O) groups is 3. The van der Waals surface area contributed by atoms with Crippen molar-refractivity contribution < 1.29 is 23.5 Å². The van der Waals surface area contributed by atoms with Crippen LogP contribution in [0.3, 0.4) is 0 Å². The van der Waals surface area contributed by atoms with Crippen LogP contribution in [0.1, 0.15) is 26.3 Å². The lowest BCUT2D eigenvalue weighted by Gasteiger charge is -2.13. The Balaban J connectivity index is 1.62. The van der Waals surface area contributed by atoms with Crippen molar-refractivity contribution in [3.8, 4) is 0 Å². The van der Waals surface area contributed by atoms with Crippen molar-refractivity contribution in [1.29, 1.82) is 0 Å². The number of rotatable bonds is 4. The normalized spacial score (nSPS) is 13.2. The van der Waals surface area contributed by atoms with Crippen LogP contribution < -0.4 is 0 Å². The molecule has 0 saturated carbocycles. The average Bonchev–Trinajstić information content (AvgIpc) is 2.80. The summed E-state index contributed by atoms with van der Waals surface area (Å²) in [5, 5.41) is 0. The van der Waals surface area contributed by atoms with Crippen molar-refractivity contribution in [3.63, 3.8) is 0 Å². The fraction of sp³-hybridized carbons (Fsp3) is 0.118. The molecule has 0 fully saturated rings. The molecule has 1 aliphatic heterocycles. The van der Waals surface area contributed by atoms with Gasteiger partial charge in [0.1, 0.15) is 19.0 Å². The monoisotopic (exact) mass is 313 g/mol. The van der Waals surface area contributed by atoms with Crippen molar-refractivity contribution >= 4 is 17.8 Å². The lowest BCUT2D eigenvalue weighted by Crippen LogP contribution is -2.35. The molecule has 0 N–H and O–H groups in total. The molecule has 0 saturated heterocycles. The molecule has 0 aromatic heterocycles. The quantitative estimate of drug-likeness (QED) is 0.641. The average molecular weight is 313 g/mol. The largest absolute Gasteiger partial charge is 0.459 e. The summed E-state index contributed by atoms with van der Waals surface area (Å²) < 4.78 is 17.8. The first-order valence-corrected chi connectivity index (χ1v) is 6.91. The summed E-state index contributed by atoms with van der Waals surface area (Å²) in [4.78, 5) is 36.9. The third-order valence-electron chi connectivity index (χ3n) is 3.48. The predicted molar refractivity (Wildman–Crippen MR) is 78.0 cm³/mol. The molecule has 3 rings (SSSR count). The van der Waals surface area contributed by atoms with E-state index in [4.69, 9.17) is 4.74 Å². The van der Waals surface area contributed by atoms with E-state index in [2.05, 4.69) is 0 Å². The molecule has 1 aliphatic rings. The number of halogens is 1. The van der Waals surface area contributed by atoms with E-state index in [-0.39, 0.29) is 23.6 Å². The maximum Gasteiger partial charge on any atom is 0.326 e. The van der Waals surface area contributed by atoms with Crippen LogP contribution >= 0.6 is 0 Å². The van der Waals surface area contributed by atoms with Gasteiger partial charge in [-0.3, -0.25) is 19.3 Å². The zero-order valence-corrected chi connectivity index (χ0v) is 12.0. The van der Waals surface area contributed by atoms with Gasteiger partial charge < -0.3 is 4.74 Å². The van der Waals surface area contributed by atoms with Gasteiger partial charge in [-0.2, -0.15) is 0 Å². The van der Waals surface area contributed by atoms with Gasteiger partial charge in [-0.1, -0.05) is 24.3 Å². The molecule has 116 valence electrons. The van der Waals surface area contributed by atoms with E-state index >= 15 is 0 Å². The Morgan fingerprint density at radius 1 is 0.957 bits per heavy atom. The van der Waals surface area contributed by atoms with E-state index in [1.807, 2.05) is 0 Å². The van der Waals surface area contributed by atoms with Crippen LogP contribution in [0.15, 0.2) is 48.5 Å². The van der Waals surface area contributed by atoms with Crippen LogP contribution in [-0.4, -0.2) is 29.2 Å². The van der Waals surface area contributed by atoms with Crippen molar-refractivity contribution in [2.75, 3.05) is 6.54 Å². The number of fused-ring (bicyclic) bond motifs is 1. The fourth-order valence-electron chi connectivity index (χ4n) is 2.30. The number of esters is 1. The minimum atomic E-state index is -0.705. The molecule has 2 aromatic rings. The van der Waals surface area contributed by atoms with E-state index < -0.39 is 24.3 Å². The van der Waals surface area contributed by atoms with Crippen LogP contribution in [0.5, 0.6) is 0 Å². The Kier molecular flexibility index (Phi) is 3.89. The minimum absolute atomic E-state index is 0.0533. The van der Waals surface area contributed by atoms with E-state index in [1.54, 1.807) is 24.3 Å². The number of benzene rings is 2. The molecule has 0 unspecified atom stereocenters. The van der Waals surface area contributed by atoms with E-state index in [9.17, 15) is 18.8 Å². The second-order valence-corrected chi connectivity index (χ2v) is 5.03. The molecule has 6 heteroatoms. The first kappa shape index (κ1) is 14.9. The lowest BCUT2D eigenvalue weighted by molar-refractivity contribution is -0.145. The number of hydrogen-bond donors (Lipinski definition) is 0. The van der Waals surface area contributed by atoms with Crippen LogP contribution in [0.4, 0.5) is 4.39 Å². The first-order valence-electron chi connectivity index (χ1n) is 6.91. The second kappa shape index (κ2) is 6.00. The number of carbonyl (C=O) groups excluding carboxylic acids is 3. The predicted octanol–water partition coefficient (Wildman–Crippen LogP) is 2.17. The van der Waals surface area contributed by atoms with Crippen LogP contribution in [-0.2, 0) is 16.1 Å². The van der Waals surface area contributed by atoms with Crippen molar-refractivity contribution in [1.82, 2.24) is 4.90 Å². The van der Waals surface area contributed by atoms with E-state index in [0.29, 0.717) is 5.56 Å². The Morgan fingerprint density at radius 2 is 1.52 bits per heavy atom. The van der Waals surface area contributed by atoms with Gasteiger partial charge in [-0.15, -0.1) is 0 Å². The zero-order chi connectivity index (χ0) is 16.4.